The van der Waals surface area contributed by atoms with Crippen molar-refractivity contribution in [2.75, 3.05) is 12.4 Å². The predicted molar refractivity (Wildman–Crippen MR) is 84.2 cm³/mol. The van der Waals surface area contributed by atoms with Crippen LogP contribution in [-0.2, 0) is 6.61 Å². The fourth-order valence-electron chi connectivity index (χ4n) is 2.55. The van der Waals surface area contributed by atoms with Crippen LogP contribution in [0.3, 0.4) is 0 Å². The molecular formula is C17H18N2O2. The Morgan fingerprint density at radius 2 is 1.86 bits per heavy atom. The Morgan fingerprint density at radius 1 is 1.10 bits per heavy atom. The smallest absolute Gasteiger partial charge is 0.153 e. The summed E-state index contributed by atoms with van der Waals surface area (Å²) in [4.78, 5) is 0. The van der Waals surface area contributed by atoms with E-state index in [9.17, 15) is 5.21 Å². The van der Waals surface area contributed by atoms with Crippen molar-refractivity contribution < 1.29 is 9.94 Å². The molecule has 4 heteroatoms. The molecule has 0 aliphatic heterocycles. The molecule has 0 aliphatic rings. The van der Waals surface area contributed by atoms with Crippen LogP contribution in [0.2, 0.25) is 0 Å². The molecule has 0 spiro atoms. The maximum Gasteiger partial charge on any atom is 0.153 e. The van der Waals surface area contributed by atoms with E-state index in [1.807, 2.05) is 55.5 Å². The van der Waals surface area contributed by atoms with Crippen LogP contribution in [0.1, 0.15) is 11.3 Å². The Bertz CT molecular complexity index is 763. The van der Waals surface area contributed by atoms with Crippen LogP contribution in [0.4, 0.5) is 5.82 Å². The minimum absolute atomic E-state index is 0.499. The summed E-state index contributed by atoms with van der Waals surface area (Å²) in [6.07, 6.45) is 0. The number of nitrogens with one attached hydrogen (secondary N) is 1. The molecule has 0 aliphatic carbocycles. The topological polar surface area (TPSA) is 46.4 Å². The van der Waals surface area contributed by atoms with Crippen LogP contribution in [-0.4, -0.2) is 17.0 Å². The zero-order chi connectivity index (χ0) is 14.8. The van der Waals surface area contributed by atoms with Gasteiger partial charge in [-0.3, -0.25) is 0 Å². The fraction of sp³-hybridized carbons (Fsp3) is 0.176. The van der Waals surface area contributed by atoms with Crippen LogP contribution in [0.5, 0.6) is 5.75 Å². The second-order valence-electron chi connectivity index (χ2n) is 4.95. The van der Waals surface area contributed by atoms with Crippen LogP contribution >= 0.6 is 0 Å². The molecule has 108 valence electrons. The van der Waals surface area contributed by atoms with Gasteiger partial charge in [0, 0.05) is 12.4 Å². The molecular weight excluding hydrogens is 264 g/mol. The summed E-state index contributed by atoms with van der Waals surface area (Å²) < 4.78 is 7.12. The minimum Gasteiger partial charge on any atom is -0.488 e. The third-order valence-electron chi connectivity index (χ3n) is 3.66. The van der Waals surface area contributed by atoms with Crippen LogP contribution in [0.15, 0.2) is 48.5 Å². The Labute approximate surface area is 123 Å². The second kappa shape index (κ2) is 5.40. The highest BCUT2D eigenvalue weighted by molar-refractivity contribution is 6.00. The SMILES string of the molecule is CNc1c2c(OCc3ccccc3)cccc2c(C)n1O. The molecule has 0 bridgehead atoms. The number of hydrogen-bond donors (Lipinski definition) is 2. The standard InChI is InChI=1S/C17H18N2O2/c1-12-14-9-6-10-15(16(14)17(18-2)19(12)20)21-11-13-7-4-3-5-8-13/h3-10,18,20H,11H2,1-2H3. The molecule has 3 rings (SSSR count). The van der Waals surface area contributed by atoms with Crippen LogP contribution < -0.4 is 10.1 Å². The summed E-state index contributed by atoms with van der Waals surface area (Å²) in [7, 11) is 1.79. The Balaban J connectivity index is 2.01. The van der Waals surface area contributed by atoms with Gasteiger partial charge in [0.15, 0.2) is 5.82 Å². The van der Waals surface area contributed by atoms with Gasteiger partial charge in [-0.1, -0.05) is 42.5 Å². The number of aryl methyl sites for hydroxylation is 1. The average Bonchev–Trinajstić information content (AvgIpc) is 2.78. The van der Waals surface area contributed by atoms with Gasteiger partial charge in [0.1, 0.15) is 12.4 Å². The first-order chi connectivity index (χ1) is 10.2. The molecule has 0 amide bonds. The molecule has 2 N–H and O–H groups in total. The van der Waals surface area contributed by atoms with E-state index in [4.69, 9.17) is 4.74 Å². The number of aromatic nitrogens is 1. The van der Waals surface area contributed by atoms with E-state index in [1.54, 1.807) is 7.05 Å². The van der Waals surface area contributed by atoms with E-state index in [-0.39, 0.29) is 0 Å². The van der Waals surface area contributed by atoms with Gasteiger partial charge >= 0.3 is 0 Å². The lowest BCUT2D eigenvalue weighted by Gasteiger charge is -2.09. The molecule has 21 heavy (non-hydrogen) atoms. The van der Waals surface area contributed by atoms with Crippen LogP contribution in [0, 0.1) is 6.92 Å². The molecule has 0 radical (unpaired) electrons. The van der Waals surface area contributed by atoms with Crippen molar-refractivity contribution in [3.05, 3.63) is 59.8 Å². The number of benzene rings is 2. The summed E-state index contributed by atoms with van der Waals surface area (Å²) >= 11 is 0. The maximum absolute atomic E-state index is 10.1. The highest BCUT2D eigenvalue weighted by Crippen LogP contribution is 2.36. The van der Waals surface area contributed by atoms with E-state index in [2.05, 4.69) is 5.32 Å². The highest BCUT2D eigenvalue weighted by atomic mass is 16.5. The van der Waals surface area contributed by atoms with Crippen molar-refractivity contribution in [3.63, 3.8) is 0 Å². The molecule has 2 aromatic carbocycles. The van der Waals surface area contributed by atoms with E-state index in [0.717, 1.165) is 27.8 Å². The number of nitrogens with zero attached hydrogens (tertiary/aromatic N) is 1. The van der Waals surface area contributed by atoms with Gasteiger partial charge in [0.05, 0.1) is 11.1 Å². The van der Waals surface area contributed by atoms with Crippen molar-refractivity contribution in [2.24, 2.45) is 0 Å². The third-order valence-corrected chi connectivity index (χ3v) is 3.66. The van der Waals surface area contributed by atoms with Gasteiger partial charge in [0.25, 0.3) is 0 Å². The Kier molecular flexibility index (Phi) is 3.44. The molecule has 0 saturated carbocycles. The maximum atomic E-state index is 10.1. The minimum atomic E-state index is 0.499. The predicted octanol–water partition coefficient (Wildman–Crippen LogP) is 3.81. The zero-order valence-corrected chi connectivity index (χ0v) is 12.1. The van der Waals surface area contributed by atoms with Crippen molar-refractivity contribution in [1.82, 2.24) is 4.73 Å². The van der Waals surface area contributed by atoms with Gasteiger partial charge in [0.2, 0.25) is 0 Å². The lowest BCUT2D eigenvalue weighted by atomic mass is 10.1. The molecule has 0 fully saturated rings. The van der Waals surface area contributed by atoms with E-state index in [1.165, 1.54) is 4.73 Å². The fourth-order valence-corrected chi connectivity index (χ4v) is 2.55. The van der Waals surface area contributed by atoms with Gasteiger partial charge in [-0.15, -0.1) is 0 Å². The van der Waals surface area contributed by atoms with Crippen molar-refractivity contribution in [2.45, 2.75) is 13.5 Å². The van der Waals surface area contributed by atoms with E-state index in [0.29, 0.717) is 12.4 Å². The number of rotatable bonds is 4. The Hall–Kier alpha value is -2.62. The second-order valence-corrected chi connectivity index (χ2v) is 4.95. The summed E-state index contributed by atoms with van der Waals surface area (Å²) in [5.74, 6) is 1.41. The lowest BCUT2D eigenvalue weighted by molar-refractivity contribution is 0.188. The first-order valence-electron chi connectivity index (χ1n) is 6.90. The molecule has 1 aromatic heterocycles. The highest BCUT2D eigenvalue weighted by Gasteiger charge is 2.16. The monoisotopic (exact) mass is 282 g/mol. The number of ether oxygens (including phenoxy) is 1. The van der Waals surface area contributed by atoms with Crippen molar-refractivity contribution >= 4 is 16.6 Å². The summed E-state index contributed by atoms with van der Waals surface area (Å²) in [6.45, 7) is 2.38. The quantitative estimate of drug-likeness (QED) is 0.715. The first kappa shape index (κ1) is 13.4. The number of fused-ring (bicyclic) bond motifs is 1. The molecule has 0 atom stereocenters. The molecule has 4 nitrogen and oxygen atoms in total. The van der Waals surface area contributed by atoms with Gasteiger partial charge in [-0.25, -0.2) is 0 Å². The van der Waals surface area contributed by atoms with Crippen LogP contribution in [0.25, 0.3) is 10.8 Å². The Morgan fingerprint density at radius 3 is 2.57 bits per heavy atom. The first-order valence-corrected chi connectivity index (χ1v) is 6.90. The third kappa shape index (κ3) is 2.29. The molecule has 0 unspecified atom stereocenters. The van der Waals surface area contributed by atoms with Gasteiger partial charge in [-0.05, 0) is 18.6 Å². The van der Waals surface area contributed by atoms with Crippen molar-refractivity contribution in [3.8, 4) is 5.75 Å². The normalized spacial score (nSPS) is 10.8. The lowest BCUT2D eigenvalue weighted by Crippen LogP contribution is -2.00. The number of anilines is 1. The number of hydrogen-bond acceptors (Lipinski definition) is 3. The molecule has 0 saturated heterocycles. The largest absolute Gasteiger partial charge is 0.488 e. The molecule has 3 aromatic rings. The van der Waals surface area contributed by atoms with Gasteiger partial charge in [-0.2, -0.15) is 4.73 Å². The van der Waals surface area contributed by atoms with Gasteiger partial charge < -0.3 is 15.3 Å². The van der Waals surface area contributed by atoms with E-state index >= 15 is 0 Å². The summed E-state index contributed by atoms with van der Waals surface area (Å²) in [6, 6.07) is 15.9. The average molecular weight is 282 g/mol. The zero-order valence-electron chi connectivity index (χ0n) is 12.1. The van der Waals surface area contributed by atoms with Crippen molar-refractivity contribution in [1.29, 1.82) is 0 Å². The molecule has 1 heterocycles. The van der Waals surface area contributed by atoms with E-state index < -0.39 is 0 Å². The summed E-state index contributed by atoms with van der Waals surface area (Å²) in [5.41, 5.74) is 1.90. The summed E-state index contributed by atoms with van der Waals surface area (Å²) in [5, 5.41) is 15.0.